The van der Waals surface area contributed by atoms with Crippen molar-refractivity contribution in [2.45, 2.75) is 24.3 Å². The van der Waals surface area contributed by atoms with Crippen LogP contribution in [0.4, 0.5) is 11.5 Å². The van der Waals surface area contributed by atoms with Crippen molar-refractivity contribution in [1.29, 1.82) is 0 Å². The maximum absolute atomic E-state index is 13.6. The van der Waals surface area contributed by atoms with Crippen LogP contribution in [0.5, 0.6) is 0 Å². The molecule has 0 atom stereocenters. The van der Waals surface area contributed by atoms with Gasteiger partial charge in [-0.25, -0.2) is 13.4 Å². The summed E-state index contributed by atoms with van der Waals surface area (Å²) in [5.74, 6) is 0.219. The Morgan fingerprint density at radius 3 is 2.58 bits per heavy atom. The molecule has 0 aliphatic carbocycles. The van der Waals surface area contributed by atoms with Gasteiger partial charge in [-0.1, -0.05) is 24.3 Å². The van der Waals surface area contributed by atoms with Gasteiger partial charge < -0.3 is 16.0 Å². The number of carbonyl (C=O) groups is 1. The molecule has 0 bridgehead atoms. The molecule has 2 heterocycles. The Morgan fingerprint density at radius 2 is 1.84 bits per heavy atom. The van der Waals surface area contributed by atoms with Crippen molar-refractivity contribution in [1.82, 2.24) is 10.3 Å². The molecule has 3 aromatic rings. The molecule has 8 heteroatoms. The van der Waals surface area contributed by atoms with E-state index < -0.39 is 9.84 Å². The highest BCUT2D eigenvalue weighted by atomic mass is 32.2. The molecule has 1 aliphatic rings. The van der Waals surface area contributed by atoms with Gasteiger partial charge >= 0.3 is 0 Å². The molecule has 3 N–H and O–H groups in total. The van der Waals surface area contributed by atoms with Crippen molar-refractivity contribution in [3.63, 3.8) is 0 Å². The van der Waals surface area contributed by atoms with E-state index in [2.05, 4.69) is 10.3 Å². The van der Waals surface area contributed by atoms with Crippen LogP contribution in [0.3, 0.4) is 0 Å². The number of aromatic nitrogens is 1. The van der Waals surface area contributed by atoms with Crippen molar-refractivity contribution >= 4 is 38.2 Å². The number of pyridine rings is 1. The Bertz CT molecular complexity index is 1220. The lowest BCUT2D eigenvalue weighted by atomic mass is 9.96. The first-order valence-corrected chi connectivity index (χ1v) is 12.2. The van der Waals surface area contributed by atoms with Gasteiger partial charge in [-0.15, -0.1) is 0 Å². The number of amides is 1. The van der Waals surface area contributed by atoms with Crippen molar-refractivity contribution in [3.05, 3.63) is 60.2 Å². The molecule has 1 amide bonds. The van der Waals surface area contributed by atoms with Gasteiger partial charge in [-0.2, -0.15) is 0 Å². The van der Waals surface area contributed by atoms with Crippen LogP contribution in [0.1, 0.15) is 18.4 Å². The molecule has 0 spiro atoms. The molecular weight excluding hydrogens is 412 g/mol. The normalized spacial score (nSPS) is 15.1. The Hall–Kier alpha value is -2.97. The fourth-order valence-corrected chi connectivity index (χ4v) is 4.91. The predicted molar refractivity (Wildman–Crippen MR) is 122 cm³/mol. The molecule has 7 nitrogen and oxygen atoms in total. The number of nitrogens with zero attached hydrogens (tertiary/aromatic N) is 2. The van der Waals surface area contributed by atoms with Crippen LogP contribution in [0.2, 0.25) is 0 Å². The maximum Gasteiger partial charge on any atom is 0.230 e. The van der Waals surface area contributed by atoms with Crippen LogP contribution >= 0.6 is 0 Å². The SMILES string of the molecule is CS(=O)(=O)c1ccccc1N(Cc1ccc2ccc(N)nc2c1)C(=O)C1CCNCC1. The quantitative estimate of drug-likeness (QED) is 0.635. The summed E-state index contributed by atoms with van der Waals surface area (Å²) >= 11 is 0. The fraction of sp³-hybridized carbons (Fsp3) is 0.304. The number of nitrogens with one attached hydrogen (secondary N) is 1. The summed E-state index contributed by atoms with van der Waals surface area (Å²) < 4.78 is 24.9. The van der Waals surface area contributed by atoms with Crippen molar-refractivity contribution in [2.75, 3.05) is 30.0 Å². The van der Waals surface area contributed by atoms with Gasteiger partial charge in [0, 0.05) is 17.6 Å². The summed E-state index contributed by atoms with van der Waals surface area (Å²) in [5, 5.41) is 4.22. The number of nitrogen functional groups attached to an aromatic ring is 1. The number of benzene rings is 2. The first-order valence-electron chi connectivity index (χ1n) is 10.3. The van der Waals surface area contributed by atoms with Crippen molar-refractivity contribution < 1.29 is 13.2 Å². The lowest BCUT2D eigenvalue weighted by molar-refractivity contribution is -0.123. The smallest absolute Gasteiger partial charge is 0.230 e. The van der Waals surface area contributed by atoms with E-state index >= 15 is 0 Å². The van der Waals surface area contributed by atoms with E-state index in [9.17, 15) is 13.2 Å². The number of sulfone groups is 1. The standard InChI is InChI=1S/C23H26N4O3S/c1-31(29,30)21-5-3-2-4-20(21)27(23(28)18-10-12-25-13-11-18)15-16-6-7-17-8-9-22(24)26-19(17)14-16/h2-9,14,18,25H,10-13,15H2,1H3,(H2,24,26). The zero-order valence-electron chi connectivity index (χ0n) is 17.4. The minimum Gasteiger partial charge on any atom is -0.384 e. The highest BCUT2D eigenvalue weighted by Crippen LogP contribution is 2.30. The molecule has 4 rings (SSSR count). The molecule has 0 unspecified atom stereocenters. The third kappa shape index (κ3) is 4.70. The number of para-hydroxylation sites is 1. The van der Waals surface area contributed by atoms with E-state index in [0.29, 0.717) is 11.5 Å². The summed E-state index contributed by atoms with van der Waals surface area (Å²) in [6, 6.07) is 16.1. The highest BCUT2D eigenvalue weighted by molar-refractivity contribution is 7.90. The molecule has 0 radical (unpaired) electrons. The minimum atomic E-state index is -3.51. The second kappa shape index (κ2) is 8.64. The topological polar surface area (TPSA) is 105 Å². The van der Waals surface area contributed by atoms with E-state index in [4.69, 9.17) is 5.73 Å². The first-order chi connectivity index (χ1) is 14.8. The number of hydrogen-bond donors (Lipinski definition) is 2. The molecule has 162 valence electrons. The van der Waals surface area contributed by atoms with Gasteiger partial charge in [-0.05, 0) is 61.8 Å². The van der Waals surface area contributed by atoms with E-state index in [0.717, 1.165) is 42.4 Å². The molecule has 1 aliphatic heterocycles. The largest absolute Gasteiger partial charge is 0.384 e. The third-order valence-corrected chi connectivity index (χ3v) is 6.77. The van der Waals surface area contributed by atoms with Gasteiger partial charge in [0.1, 0.15) is 5.82 Å². The van der Waals surface area contributed by atoms with Crippen LogP contribution < -0.4 is 16.0 Å². The highest BCUT2D eigenvalue weighted by Gasteiger charge is 2.29. The van der Waals surface area contributed by atoms with E-state index in [1.165, 1.54) is 6.26 Å². The van der Waals surface area contributed by atoms with E-state index in [1.807, 2.05) is 24.3 Å². The summed E-state index contributed by atoms with van der Waals surface area (Å²) in [6.45, 7) is 1.80. The number of rotatable bonds is 5. The van der Waals surface area contributed by atoms with Gasteiger partial charge in [0.25, 0.3) is 0 Å². The van der Waals surface area contributed by atoms with Crippen LogP contribution in [-0.4, -0.2) is 38.7 Å². The summed E-state index contributed by atoms with van der Waals surface area (Å²) in [4.78, 5) is 19.7. The Morgan fingerprint density at radius 1 is 1.13 bits per heavy atom. The number of fused-ring (bicyclic) bond motifs is 1. The second-order valence-corrected chi connectivity index (χ2v) is 9.94. The number of piperidine rings is 1. The van der Waals surface area contributed by atoms with Crippen LogP contribution in [0.15, 0.2) is 59.5 Å². The predicted octanol–water partition coefficient (Wildman–Crippen LogP) is 2.75. The summed E-state index contributed by atoms with van der Waals surface area (Å²) in [7, 11) is -3.51. The Labute approximate surface area is 182 Å². The van der Waals surface area contributed by atoms with Crippen molar-refractivity contribution in [3.8, 4) is 0 Å². The molecule has 1 saturated heterocycles. The van der Waals surface area contributed by atoms with Crippen molar-refractivity contribution in [2.24, 2.45) is 5.92 Å². The fourth-order valence-electron chi connectivity index (χ4n) is 4.02. The molecular formula is C23H26N4O3S. The third-order valence-electron chi connectivity index (χ3n) is 5.63. The number of nitrogens with two attached hydrogens (primary N) is 1. The average molecular weight is 439 g/mol. The number of hydrogen-bond acceptors (Lipinski definition) is 6. The Kier molecular flexibility index (Phi) is 5.93. The monoisotopic (exact) mass is 438 g/mol. The zero-order chi connectivity index (χ0) is 22.0. The van der Waals surface area contributed by atoms with Crippen LogP contribution in [-0.2, 0) is 21.2 Å². The van der Waals surface area contributed by atoms with E-state index in [1.54, 1.807) is 35.2 Å². The second-order valence-electron chi connectivity index (χ2n) is 7.95. The maximum atomic E-state index is 13.6. The van der Waals surface area contributed by atoms with Gasteiger partial charge in [0.2, 0.25) is 5.91 Å². The average Bonchev–Trinajstić information content (AvgIpc) is 2.77. The minimum absolute atomic E-state index is 0.0572. The lowest BCUT2D eigenvalue weighted by Crippen LogP contribution is -2.41. The first kappa shape index (κ1) is 21.3. The Balaban J connectivity index is 1.77. The van der Waals surface area contributed by atoms with Gasteiger partial charge in [-0.3, -0.25) is 4.79 Å². The summed E-state index contributed by atoms with van der Waals surface area (Å²) in [5.41, 5.74) is 7.84. The molecule has 31 heavy (non-hydrogen) atoms. The van der Waals surface area contributed by atoms with E-state index in [-0.39, 0.29) is 23.3 Å². The number of anilines is 2. The van der Waals surface area contributed by atoms with Gasteiger partial charge in [0.05, 0.1) is 22.6 Å². The zero-order valence-corrected chi connectivity index (χ0v) is 18.2. The molecule has 0 saturated carbocycles. The molecule has 1 aromatic heterocycles. The van der Waals surface area contributed by atoms with Crippen LogP contribution in [0, 0.1) is 5.92 Å². The summed E-state index contributed by atoms with van der Waals surface area (Å²) in [6.07, 6.45) is 2.63. The molecule has 2 aromatic carbocycles. The van der Waals surface area contributed by atoms with Gasteiger partial charge in [0.15, 0.2) is 9.84 Å². The number of carbonyl (C=O) groups excluding carboxylic acids is 1. The molecule has 1 fully saturated rings. The lowest BCUT2D eigenvalue weighted by Gasteiger charge is -2.31. The van der Waals surface area contributed by atoms with Crippen LogP contribution in [0.25, 0.3) is 10.9 Å².